The fraction of sp³-hybridized carbons (Fsp3) is 0.333. The van der Waals surface area contributed by atoms with Gasteiger partial charge in [0.25, 0.3) is 8.32 Å². The van der Waals surface area contributed by atoms with Crippen LogP contribution in [-0.2, 0) is 4.43 Å². The van der Waals surface area contributed by atoms with E-state index in [0.29, 0.717) is 18.7 Å². The molecule has 0 aliphatic heterocycles. The Kier molecular flexibility index (Phi) is 9.67. The Balaban J connectivity index is 0.00000432. The normalized spacial score (nSPS) is 12.1. The molecular formula is C30H38LiNO2Si. The van der Waals surface area contributed by atoms with Gasteiger partial charge in [-0.25, -0.2) is 0 Å². The predicted octanol–water partition coefficient (Wildman–Crippen LogP) is 2.69. The van der Waals surface area contributed by atoms with Gasteiger partial charge in [0, 0.05) is 12.1 Å². The van der Waals surface area contributed by atoms with Crippen molar-refractivity contribution in [3.05, 3.63) is 103 Å². The zero-order chi connectivity index (χ0) is 25.0. The van der Waals surface area contributed by atoms with Crippen LogP contribution in [0.1, 0.15) is 57.5 Å². The van der Waals surface area contributed by atoms with Gasteiger partial charge in [-0.15, -0.1) is 12.1 Å². The topological polar surface area (TPSA) is 29.5 Å². The average molecular weight is 480 g/mol. The molecule has 0 spiro atoms. The molecular weight excluding hydrogens is 441 g/mol. The number of nitrogens with zero attached hydrogens (tertiary/aromatic N) is 1. The average Bonchev–Trinajstić information content (AvgIpc) is 2.79. The van der Waals surface area contributed by atoms with Crippen LogP contribution in [0.4, 0.5) is 0 Å². The fourth-order valence-corrected chi connectivity index (χ4v) is 9.22. The molecule has 0 aliphatic rings. The van der Waals surface area contributed by atoms with Crippen LogP contribution in [0.3, 0.4) is 0 Å². The van der Waals surface area contributed by atoms with Crippen LogP contribution in [0.5, 0.6) is 0 Å². The van der Waals surface area contributed by atoms with Crippen molar-refractivity contribution in [2.24, 2.45) is 0 Å². The van der Waals surface area contributed by atoms with E-state index in [1.165, 1.54) is 10.4 Å². The second-order valence-electron chi connectivity index (χ2n) is 10.8. The van der Waals surface area contributed by atoms with Crippen molar-refractivity contribution in [3.8, 4) is 0 Å². The quantitative estimate of drug-likeness (QED) is 0.385. The maximum Gasteiger partial charge on any atom is 1.00 e. The van der Waals surface area contributed by atoms with Crippen LogP contribution >= 0.6 is 0 Å². The van der Waals surface area contributed by atoms with Crippen LogP contribution in [-0.4, -0.2) is 37.8 Å². The molecule has 0 saturated heterocycles. The van der Waals surface area contributed by atoms with Crippen molar-refractivity contribution >= 4 is 24.6 Å². The summed E-state index contributed by atoms with van der Waals surface area (Å²) >= 11 is 0. The van der Waals surface area contributed by atoms with Crippen LogP contribution in [0, 0.1) is 6.92 Å². The maximum absolute atomic E-state index is 13.5. The maximum atomic E-state index is 13.5. The third kappa shape index (κ3) is 6.32. The Morgan fingerprint density at radius 3 is 1.69 bits per heavy atom. The molecule has 0 saturated carbocycles. The van der Waals surface area contributed by atoms with Gasteiger partial charge in [-0.3, -0.25) is 4.79 Å². The summed E-state index contributed by atoms with van der Waals surface area (Å²) in [5, 5.41) is 2.38. The molecule has 1 amide bonds. The predicted molar refractivity (Wildman–Crippen MR) is 145 cm³/mol. The van der Waals surface area contributed by atoms with E-state index in [1.807, 2.05) is 41.3 Å². The molecule has 0 atom stereocenters. The summed E-state index contributed by atoms with van der Waals surface area (Å²) in [5.41, 5.74) is 1.03. The second-order valence-corrected chi connectivity index (χ2v) is 15.1. The Morgan fingerprint density at radius 2 is 1.26 bits per heavy atom. The number of amides is 1. The Morgan fingerprint density at radius 1 is 0.800 bits per heavy atom. The molecule has 5 heteroatoms. The first kappa shape index (κ1) is 29.0. The van der Waals surface area contributed by atoms with Gasteiger partial charge >= 0.3 is 18.9 Å². The first-order valence-electron chi connectivity index (χ1n) is 12.0. The van der Waals surface area contributed by atoms with Crippen molar-refractivity contribution in [1.29, 1.82) is 0 Å². The van der Waals surface area contributed by atoms with Crippen molar-refractivity contribution in [3.63, 3.8) is 0 Å². The second kappa shape index (κ2) is 11.7. The molecule has 0 unspecified atom stereocenters. The molecule has 0 aliphatic carbocycles. The minimum absolute atomic E-state index is 0. The van der Waals surface area contributed by atoms with E-state index in [0.717, 1.165) is 5.56 Å². The number of carbonyl (C=O) groups excluding carboxylic acids is 1. The molecule has 180 valence electrons. The van der Waals surface area contributed by atoms with Crippen molar-refractivity contribution in [2.45, 2.75) is 52.1 Å². The van der Waals surface area contributed by atoms with Crippen LogP contribution in [0.2, 0.25) is 5.04 Å². The smallest absolute Gasteiger partial charge is 0.406 e. The molecule has 0 aromatic heterocycles. The summed E-state index contributed by atoms with van der Waals surface area (Å²) in [7, 11) is -2.65. The Bertz CT molecular complexity index is 1050. The molecule has 0 heterocycles. The van der Waals surface area contributed by atoms with E-state index in [9.17, 15) is 4.79 Å². The standard InChI is InChI=1S/C30H38NO2Si.Li/c1-24-16-14-15-21-27(24)28(32)31(29(2,3)4)22-23-33-34(30(5,6)7,25-17-10-8-11-18-25)26-19-12-9-13-20-26;/h8-21H,1,22-23H2,2-7H3;/q-1;+1. The van der Waals surface area contributed by atoms with E-state index in [1.54, 1.807) is 0 Å². The van der Waals surface area contributed by atoms with Crippen LogP contribution in [0.15, 0.2) is 84.9 Å². The van der Waals surface area contributed by atoms with Crippen LogP contribution < -0.4 is 29.2 Å². The molecule has 3 rings (SSSR count). The van der Waals surface area contributed by atoms with Gasteiger partial charge in [0.2, 0.25) is 0 Å². The van der Waals surface area contributed by atoms with Gasteiger partial charge < -0.3 is 9.33 Å². The molecule has 0 bridgehead atoms. The van der Waals surface area contributed by atoms with Gasteiger partial charge in [-0.1, -0.05) is 93.1 Å². The van der Waals surface area contributed by atoms with E-state index < -0.39 is 8.32 Å². The minimum atomic E-state index is -2.65. The first-order valence-corrected chi connectivity index (χ1v) is 13.9. The van der Waals surface area contributed by atoms with E-state index in [2.05, 4.69) is 97.0 Å². The van der Waals surface area contributed by atoms with Crippen molar-refractivity contribution in [1.82, 2.24) is 4.90 Å². The third-order valence-corrected chi connectivity index (χ3v) is 11.4. The Labute approximate surface area is 225 Å². The van der Waals surface area contributed by atoms with E-state index in [-0.39, 0.29) is 35.3 Å². The Hall–Kier alpha value is -2.23. The minimum Gasteiger partial charge on any atom is -0.406 e. The number of benzene rings is 3. The van der Waals surface area contributed by atoms with E-state index in [4.69, 9.17) is 4.43 Å². The number of hydrogen-bond donors (Lipinski definition) is 0. The van der Waals surface area contributed by atoms with Gasteiger partial charge in [0.15, 0.2) is 5.91 Å². The molecule has 3 aromatic rings. The summed E-state index contributed by atoms with van der Waals surface area (Å²) in [4.78, 5) is 15.5. The van der Waals surface area contributed by atoms with Gasteiger partial charge in [0.05, 0.1) is 6.61 Å². The molecule has 0 radical (unpaired) electrons. The van der Waals surface area contributed by atoms with Gasteiger partial charge in [-0.2, -0.15) is 18.6 Å². The fourth-order valence-electron chi connectivity index (χ4n) is 4.67. The SMILES string of the molecule is [CH2-]c1ccccc1C(=O)N(CCO[Si](c1ccccc1)(c1ccccc1)C(C)(C)C)C(C)(C)C.[Li+]. The number of carbonyl (C=O) groups is 1. The number of rotatable bonds is 7. The first-order chi connectivity index (χ1) is 16.0. The summed E-state index contributed by atoms with van der Waals surface area (Å²) in [6.45, 7) is 18.0. The third-order valence-electron chi connectivity index (χ3n) is 6.35. The summed E-state index contributed by atoms with van der Waals surface area (Å²) < 4.78 is 7.04. The zero-order valence-electron chi connectivity index (χ0n) is 22.5. The van der Waals surface area contributed by atoms with Crippen LogP contribution in [0.25, 0.3) is 0 Å². The monoisotopic (exact) mass is 479 g/mol. The number of hydrogen-bond acceptors (Lipinski definition) is 2. The van der Waals surface area contributed by atoms with Crippen molar-refractivity contribution < 1.29 is 28.1 Å². The molecule has 3 aromatic carbocycles. The summed E-state index contributed by atoms with van der Waals surface area (Å²) in [6.07, 6.45) is 0. The molecule has 35 heavy (non-hydrogen) atoms. The molecule has 0 N–H and O–H groups in total. The largest absolute Gasteiger partial charge is 1.00 e. The van der Waals surface area contributed by atoms with E-state index >= 15 is 0 Å². The van der Waals surface area contributed by atoms with Gasteiger partial charge in [0.1, 0.15) is 0 Å². The van der Waals surface area contributed by atoms with Gasteiger partial charge in [-0.05, 0) is 36.2 Å². The zero-order valence-corrected chi connectivity index (χ0v) is 23.5. The van der Waals surface area contributed by atoms with Crippen molar-refractivity contribution in [2.75, 3.05) is 13.2 Å². The molecule has 3 nitrogen and oxygen atoms in total. The summed E-state index contributed by atoms with van der Waals surface area (Å²) in [6, 6.07) is 28.7. The molecule has 0 fully saturated rings. The summed E-state index contributed by atoms with van der Waals surface area (Å²) in [5.74, 6) is -0.0100.